The quantitative estimate of drug-likeness (QED) is 0.136. The standard InChI is InChI=1S/C10H18N2O3.C10H17NO3.C9H18O4.C6H12O3/c1-10(2,7-14-5-4-13-3)8-6-9(11)15-12-8;1-10(2,9(12)4-5-11)8-14-7-6-13-3;1-9(2,8(10)12-4)7-13-6-5-11-3;1-6(2,4-7)5(8)9-3/h6H,4-5,7,11H2,1-3H3;4,6-8H2,1-3H3;5-7H2,1-4H3;7H,4H2,1-3H3. The van der Waals surface area contributed by atoms with Crippen LogP contribution in [0.5, 0.6) is 0 Å². The second-order valence-corrected chi connectivity index (χ2v) is 13.7. The van der Waals surface area contributed by atoms with Gasteiger partial charge in [-0.15, -0.1) is 0 Å². The number of ketones is 1. The molecule has 0 atom stereocenters. The molecule has 0 spiro atoms. The third-order valence-corrected chi connectivity index (χ3v) is 6.77. The summed E-state index contributed by atoms with van der Waals surface area (Å²) in [5, 5.41) is 20.8. The first-order valence-corrected chi connectivity index (χ1v) is 16.3. The Hall–Kier alpha value is -3.17. The van der Waals surface area contributed by atoms with Gasteiger partial charge in [0, 0.05) is 38.2 Å². The zero-order valence-corrected chi connectivity index (χ0v) is 33.2. The fourth-order valence-electron chi connectivity index (χ4n) is 3.16. The lowest BCUT2D eigenvalue weighted by molar-refractivity contribution is -0.154. The first kappa shape index (κ1) is 52.2. The van der Waals surface area contributed by atoms with E-state index in [1.807, 2.05) is 19.9 Å². The van der Waals surface area contributed by atoms with Gasteiger partial charge >= 0.3 is 11.9 Å². The SMILES string of the molecule is COC(=O)C(C)(C)CO.COCCOCC(C)(C)C(=O)CC#N.COCCOCC(C)(C)C(=O)OC.COCCOCC(C)(C)c1cc(N)on1. The fraction of sp³-hybridized carbons (Fsp3) is 0.800. The van der Waals surface area contributed by atoms with E-state index in [9.17, 15) is 14.4 Å². The maximum absolute atomic E-state index is 11.4. The molecule has 0 radical (unpaired) electrons. The lowest BCUT2D eigenvalue weighted by atomic mass is 9.88. The molecule has 0 amide bonds. The van der Waals surface area contributed by atoms with E-state index >= 15 is 0 Å². The molecule has 0 aliphatic carbocycles. The minimum Gasteiger partial charge on any atom is -0.469 e. The van der Waals surface area contributed by atoms with Crippen molar-refractivity contribution in [2.24, 2.45) is 16.2 Å². The van der Waals surface area contributed by atoms with Gasteiger partial charge in [0.25, 0.3) is 0 Å². The largest absolute Gasteiger partial charge is 0.469 e. The maximum atomic E-state index is 11.4. The molecular formula is C35H65N3O13. The molecule has 1 heterocycles. The molecule has 0 saturated carbocycles. The molecule has 0 aliphatic heterocycles. The Labute approximate surface area is 304 Å². The number of aliphatic hydroxyl groups is 1. The van der Waals surface area contributed by atoms with Crippen LogP contribution in [-0.4, -0.2) is 130 Å². The van der Waals surface area contributed by atoms with Crippen LogP contribution in [0.25, 0.3) is 0 Å². The van der Waals surface area contributed by atoms with Crippen molar-refractivity contribution in [3.05, 3.63) is 11.8 Å². The number of anilines is 1. The molecule has 0 saturated heterocycles. The number of carbonyl (C=O) groups excluding carboxylic acids is 3. The van der Waals surface area contributed by atoms with Crippen LogP contribution in [0.2, 0.25) is 0 Å². The number of esters is 2. The van der Waals surface area contributed by atoms with Gasteiger partial charge in [0.1, 0.15) is 0 Å². The van der Waals surface area contributed by atoms with Crippen molar-refractivity contribution in [1.82, 2.24) is 5.16 Å². The topological polar surface area (TPSA) is 221 Å². The number of methoxy groups -OCH3 is 5. The average molecular weight is 736 g/mol. The highest BCUT2D eigenvalue weighted by molar-refractivity contribution is 5.85. The molecular weight excluding hydrogens is 670 g/mol. The number of Topliss-reactive ketones (excluding diaryl/α,β-unsaturated/α-hetero) is 1. The van der Waals surface area contributed by atoms with Gasteiger partial charge in [-0.2, -0.15) is 5.26 Å². The molecule has 1 rings (SSSR count). The molecule has 3 N–H and O–H groups in total. The minimum atomic E-state index is -0.755. The summed E-state index contributed by atoms with van der Waals surface area (Å²) in [6.07, 6.45) is -0.0549. The number of hydrogen-bond donors (Lipinski definition) is 2. The number of nitrogen functional groups attached to an aromatic ring is 1. The van der Waals surface area contributed by atoms with E-state index in [1.165, 1.54) is 14.2 Å². The Morgan fingerprint density at radius 2 is 1.14 bits per heavy atom. The third kappa shape index (κ3) is 25.4. The molecule has 0 bridgehead atoms. The molecule has 16 heteroatoms. The van der Waals surface area contributed by atoms with Crippen LogP contribution in [-0.2, 0) is 57.7 Å². The van der Waals surface area contributed by atoms with E-state index in [0.717, 1.165) is 5.69 Å². The summed E-state index contributed by atoms with van der Waals surface area (Å²) < 4.78 is 44.3. The van der Waals surface area contributed by atoms with E-state index < -0.39 is 16.2 Å². The number of ether oxygens (including phenoxy) is 8. The highest BCUT2D eigenvalue weighted by atomic mass is 16.5. The highest BCUT2D eigenvalue weighted by Crippen LogP contribution is 2.24. The number of carbonyl (C=O) groups is 3. The summed E-state index contributed by atoms with van der Waals surface area (Å²) in [5.74, 6) is -0.401. The van der Waals surface area contributed by atoms with Crippen molar-refractivity contribution in [1.29, 1.82) is 5.26 Å². The number of hydrogen-bond acceptors (Lipinski definition) is 16. The van der Waals surface area contributed by atoms with Crippen LogP contribution in [0.1, 0.15) is 67.5 Å². The molecule has 1 aromatic heterocycles. The fourth-order valence-corrected chi connectivity index (χ4v) is 3.16. The summed E-state index contributed by atoms with van der Waals surface area (Å²) in [6.45, 7) is 18.7. The molecule has 51 heavy (non-hydrogen) atoms. The lowest BCUT2D eigenvalue weighted by Gasteiger charge is -2.21. The summed E-state index contributed by atoms with van der Waals surface area (Å²) in [5.41, 5.74) is 4.15. The number of rotatable bonds is 21. The van der Waals surface area contributed by atoms with Gasteiger partial charge in [-0.3, -0.25) is 14.4 Å². The summed E-state index contributed by atoms with van der Waals surface area (Å²) >= 11 is 0. The molecule has 16 nitrogen and oxygen atoms in total. The predicted octanol–water partition coefficient (Wildman–Crippen LogP) is 3.38. The molecule has 298 valence electrons. The van der Waals surface area contributed by atoms with Gasteiger partial charge in [0.2, 0.25) is 5.88 Å². The van der Waals surface area contributed by atoms with Gasteiger partial charge in [-0.05, 0) is 27.7 Å². The second-order valence-electron chi connectivity index (χ2n) is 13.7. The minimum absolute atomic E-state index is 0.0549. The molecule has 0 fully saturated rings. The number of aromatic nitrogens is 1. The molecule has 0 aromatic carbocycles. The highest BCUT2D eigenvalue weighted by Gasteiger charge is 2.29. The van der Waals surface area contributed by atoms with Crippen molar-refractivity contribution >= 4 is 23.6 Å². The van der Waals surface area contributed by atoms with Gasteiger partial charge < -0.3 is 53.3 Å². The van der Waals surface area contributed by atoms with Gasteiger partial charge in [0.05, 0.1) is 109 Å². The molecule has 0 unspecified atom stereocenters. The summed E-state index contributed by atoms with van der Waals surface area (Å²) in [4.78, 5) is 33.2. The van der Waals surface area contributed by atoms with Crippen molar-refractivity contribution in [2.75, 3.05) is 107 Å². The van der Waals surface area contributed by atoms with E-state index in [4.69, 9.17) is 49.0 Å². The Balaban J connectivity index is -0.000000612. The number of nitriles is 1. The first-order valence-electron chi connectivity index (χ1n) is 16.3. The average Bonchev–Trinajstić information content (AvgIpc) is 3.54. The van der Waals surface area contributed by atoms with Crippen LogP contribution in [0.4, 0.5) is 5.88 Å². The number of aliphatic hydroxyl groups excluding tert-OH is 1. The van der Waals surface area contributed by atoms with Gasteiger partial charge in [-0.1, -0.05) is 32.9 Å². The van der Waals surface area contributed by atoms with E-state index in [1.54, 1.807) is 68.9 Å². The lowest BCUT2D eigenvalue weighted by Crippen LogP contribution is -2.31. The predicted molar refractivity (Wildman–Crippen MR) is 190 cm³/mol. The summed E-state index contributed by atoms with van der Waals surface area (Å²) in [7, 11) is 7.52. The van der Waals surface area contributed by atoms with Gasteiger partial charge in [-0.25, -0.2) is 0 Å². The molecule has 1 aromatic rings. The van der Waals surface area contributed by atoms with Crippen LogP contribution >= 0.6 is 0 Å². The smallest absolute Gasteiger partial charge is 0.313 e. The van der Waals surface area contributed by atoms with Crippen molar-refractivity contribution < 1.29 is 61.9 Å². The Morgan fingerprint density at radius 3 is 1.47 bits per heavy atom. The van der Waals surface area contributed by atoms with Crippen LogP contribution in [0, 0.1) is 27.6 Å². The van der Waals surface area contributed by atoms with Crippen molar-refractivity contribution in [3.8, 4) is 6.07 Å². The third-order valence-electron chi connectivity index (χ3n) is 6.77. The summed E-state index contributed by atoms with van der Waals surface area (Å²) in [6, 6.07) is 3.57. The first-order chi connectivity index (χ1) is 23.7. The van der Waals surface area contributed by atoms with E-state index in [-0.39, 0.29) is 36.2 Å². The zero-order chi connectivity index (χ0) is 40.2. The number of nitrogens with two attached hydrogens (primary N) is 1. The monoisotopic (exact) mass is 735 g/mol. The van der Waals surface area contributed by atoms with E-state index in [0.29, 0.717) is 65.3 Å². The zero-order valence-electron chi connectivity index (χ0n) is 33.2. The molecule has 0 aliphatic rings. The van der Waals surface area contributed by atoms with Crippen molar-refractivity contribution in [2.45, 2.75) is 67.2 Å². The number of nitrogens with zero attached hydrogens (tertiary/aromatic N) is 2. The Bertz CT molecular complexity index is 1110. The van der Waals surface area contributed by atoms with Crippen LogP contribution in [0.15, 0.2) is 10.6 Å². The Kier molecular flexibility index (Phi) is 29.1. The van der Waals surface area contributed by atoms with Gasteiger partial charge in [0.15, 0.2) is 5.78 Å². The van der Waals surface area contributed by atoms with E-state index in [2.05, 4.69) is 14.6 Å². The van der Waals surface area contributed by atoms with Crippen LogP contribution < -0.4 is 5.73 Å². The Morgan fingerprint density at radius 1 is 0.725 bits per heavy atom. The normalized spacial score (nSPS) is 11.4. The second kappa shape index (κ2) is 28.4. The van der Waals surface area contributed by atoms with Crippen molar-refractivity contribution in [3.63, 3.8) is 0 Å². The maximum Gasteiger partial charge on any atom is 0.313 e. The van der Waals surface area contributed by atoms with Crippen LogP contribution in [0.3, 0.4) is 0 Å².